The Labute approximate surface area is 211 Å². The number of nitrogens with zero attached hydrogens (tertiary/aromatic N) is 5. The molecule has 1 saturated heterocycles. The number of likely N-dealkylation sites (tertiary alicyclic amines) is 1. The third-order valence-corrected chi connectivity index (χ3v) is 7.15. The van der Waals surface area contributed by atoms with Crippen LogP contribution in [0, 0.1) is 6.57 Å². The molecule has 6 rings (SSSR count). The predicted molar refractivity (Wildman–Crippen MR) is 145 cm³/mol. The van der Waals surface area contributed by atoms with Crippen LogP contribution in [-0.4, -0.2) is 32.5 Å². The van der Waals surface area contributed by atoms with E-state index in [1.807, 2.05) is 30.6 Å². The molecule has 176 valence electrons. The molecule has 5 heteroatoms. The van der Waals surface area contributed by atoms with Gasteiger partial charge in [-0.25, -0.2) is 9.83 Å². The van der Waals surface area contributed by atoms with E-state index < -0.39 is 0 Å². The summed E-state index contributed by atoms with van der Waals surface area (Å²) in [5.74, 6) is 0. The fraction of sp³-hybridized carbons (Fsp3) is 0.194. The quantitative estimate of drug-likeness (QED) is 0.257. The first-order chi connectivity index (χ1) is 17.8. The fourth-order valence-electron chi connectivity index (χ4n) is 5.23. The Morgan fingerprint density at radius 3 is 2.36 bits per heavy atom. The molecule has 0 unspecified atom stereocenters. The molecule has 3 aromatic carbocycles. The van der Waals surface area contributed by atoms with Crippen molar-refractivity contribution in [3.8, 4) is 22.4 Å². The summed E-state index contributed by atoms with van der Waals surface area (Å²) in [7, 11) is 0. The average Bonchev–Trinajstić information content (AvgIpc) is 3.38. The van der Waals surface area contributed by atoms with E-state index in [-0.39, 0.29) is 0 Å². The molecule has 2 aromatic heterocycles. The monoisotopic (exact) mass is 469 g/mol. The molecular weight excluding hydrogens is 442 g/mol. The van der Waals surface area contributed by atoms with Crippen molar-refractivity contribution in [2.45, 2.75) is 25.4 Å². The molecule has 0 atom stereocenters. The number of hydrogen-bond acceptors (Lipinski definition) is 3. The smallest absolute Gasteiger partial charge is 0.205 e. The molecular formula is C31H27N5. The predicted octanol–water partition coefficient (Wildman–Crippen LogP) is 7.15. The van der Waals surface area contributed by atoms with Gasteiger partial charge in [0.2, 0.25) is 5.69 Å². The molecule has 36 heavy (non-hydrogen) atoms. The molecule has 5 aromatic rings. The standard InChI is InChI=1S/C31H27N5/c1-32-26-19-28(24-7-3-2-4-8-24)31(33-20-26)25-13-11-23(12-14-25)21-35-17-15-27(16-18-35)36-22-34-29-9-5-6-10-30(29)36/h2-14,19-20,22,27H,15-18,21H2. The highest BCUT2D eigenvalue weighted by Crippen LogP contribution is 2.33. The first kappa shape index (κ1) is 22.2. The van der Waals surface area contributed by atoms with Crippen LogP contribution in [0.15, 0.2) is 97.5 Å². The van der Waals surface area contributed by atoms with Crippen LogP contribution < -0.4 is 0 Å². The highest BCUT2D eigenvalue weighted by atomic mass is 15.2. The highest BCUT2D eigenvalue weighted by Gasteiger charge is 2.22. The van der Waals surface area contributed by atoms with Gasteiger partial charge in [-0.1, -0.05) is 66.7 Å². The van der Waals surface area contributed by atoms with Gasteiger partial charge in [-0.2, -0.15) is 0 Å². The molecule has 0 aliphatic carbocycles. The fourth-order valence-corrected chi connectivity index (χ4v) is 5.23. The summed E-state index contributed by atoms with van der Waals surface area (Å²) < 4.78 is 2.36. The Balaban J connectivity index is 1.15. The van der Waals surface area contributed by atoms with Gasteiger partial charge < -0.3 is 4.57 Å². The normalized spacial score (nSPS) is 14.6. The lowest BCUT2D eigenvalue weighted by molar-refractivity contribution is 0.181. The number of imidazole rings is 1. The largest absolute Gasteiger partial charge is 0.327 e. The Kier molecular flexibility index (Phi) is 6.03. The van der Waals surface area contributed by atoms with Crippen molar-refractivity contribution in [2.75, 3.05) is 13.1 Å². The zero-order chi connectivity index (χ0) is 24.3. The van der Waals surface area contributed by atoms with Crippen LogP contribution in [0.2, 0.25) is 0 Å². The van der Waals surface area contributed by atoms with Gasteiger partial charge in [0.15, 0.2) is 0 Å². The molecule has 0 N–H and O–H groups in total. The van der Waals surface area contributed by atoms with E-state index in [1.54, 1.807) is 6.20 Å². The van der Waals surface area contributed by atoms with E-state index in [9.17, 15) is 0 Å². The van der Waals surface area contributed by atoms with Crippen LogP contribution in [0.3, 0.4) is 0 Å². The van der Waals surface area contributed by atoms with Crippen LogP contribution in [0.25, 0.3) is 38.3 Å². The van der Waals surface area contributed by atoms with Crippen molar-refractivity contribution in [3.63, 3.8) is 0 Å². The second-order valence-electron chi connectivity index (χ2n) is 9.41. The highest BCUT2D eigenvalue weighted by molar-refractivity contribution is 5.83. The van der Waals surface area contributed by atoms with E-state index in [0.717, 1.165) is 60.4 Å². The minimum Gasteiger partial charge on any atom is -0.327 e. The van der Waals surface area contributed by atoms with Crippen molar-refractivity contribution < 1.29 is 0 Å². The average molecular weight is 470 g/mol. The van der Waals surface area contributed by atoms with Crippen LogP contribution >= 0.6 is 0 Å². The van der Waals surface area contributed by atoms with Crippen LogP contribution in [0.4, 0.5) is 5.69 Å². The van der Waals surface area contributed by atoms with Crippen LogP contribution in [-0.2, 0) is 6.54 Å². The number of rotatable bonds is 5. The van der Waals surface area contributed by atoms with E-state index in [0.29, 0.717) is 11.7 Å². The van der Waals surface area contributed by atoms with E-state index in [2.05, 4.69) is 84.9 Å². The molecule has 5 nitrogen and oxygen atoms in total. The number of aromatic nitrogens is 3. The van der Waals surface area contributed by atoms with Gasteiger partial charge in [0.05, 0.1) is 29.6 Å². The van der Waals surface area contributed by atoms with Gasteiger partial charge in [0.1, 0.15) is 0 Å². The first-order valence-electron chi connectivity index (χ1n) is 12.4. The maximum absolute atomic E-state index is 7.39. The topological polar surface area (TPSA) is 38.3 Å². The molecule has 1 aliphatic rings. The van der Waals surface area contributed by atoms with Gasteiger partial charge in [-0.15, -0.1) is 0 Å². The Bertz CT molecular complexity index is 1520. The Morgan fingerprint density at radius 1 is 0.833 bits per heavy atom. The van der Waals surface area contributed by atoms with Gasteiger partial charge in [-0.3, -0.25) is 9.88 Å². The minimum atomic E-state index is 0.511. The number of benzene rings is 3. The van der Waals surface area contributed by atoms with Crippen molar-refractivity contribution in [1.82, 2.24) is 19.4 Å². The lowest BCUT2D eigenvalue weighted by Gasteiger charge is -2.33. The summed E-state index contributed by atoms with van der Waals surface area (Å²) in [5, 5.41) is 0. The van der Waals surface area contributed by atoms with Crippen LogP contribution in [0.1, 0.15) is 24.4 Å². The van der Waals surface area contributed by atoms with Crippen molar-refractivity contribution in [1.29, 1.82) is 0 Å². The Morgan fingerprint density at radius 2 is 1.58 bits per heavy atom. The van der Waals surface area contributed by atoms with Gasteiger partial charge >= 0.3 is 0 Å². The van der Waals surface area contributed by atoms with E-state index in [4.69, 9.17) is 6.57 Å². The molecule has 0 spiro atoms. The Hall–Kier alpha value is -4.27. The number of pyridine rings is 1. The molecule has 3 heterocycles. The summed E-state index contributed by atoms with van der Waals surface area (Å²) >= 11 is 0. The molecule has 1 aliphatic heterocycles. The third-order valence-electron chi connectivity index (χ3n) is 7.15. The second-order valence-corrected chi connectivity index (χ2v) is 9.41. The van der Waals surface area contributed by atoms with Gasteiger partial charge in [-0.05, 0) is 47.7 Å². The second kappa shape index (κ2) is 9.77. The lowest BCUT2D eigenvalue weighted by Crippen LogP contribution is -2.34. The molecule has 0 radical (unpaired) electrons. The van der Waals surface area contributed by atoms with E-state index in [1.165, 1.54) is 11.1 Å². The summed E-state index contributed by atoms with van der Waals surface area (Å²) in [6, 6.07) is 29.8. The number of hydrogen-bond donors (Lipinski definition) is 0. The van der Waals surface area contributed by atoms with E-state index >= 15 is 0 Å². The van der Waals surface area contributed by atoms with Crippen molar-refractivity contribution >= 4 is 16.7 Å². The van der Waals surface area contributed by atoms with Gasteiger partial charge in [0, 0.05) is 37.4 Å². The maximum Gasteiger partial charge on any atom is 0.205 e. The zero-order valence-electron chi connectivity index (χ0n) is 20.1. The SMILES string of the molecule is [C-]#[N+]c1cnc(-c2ccc(CN3CCC(n4cnc5ccccc54)CC3)cc2)c(-c2ccccc2)c1. The summed E-state index contributed by atoms with van der Waals surface area (Å²) in [6.45, 7) is 10.5. The number of para-hydroxylation sites is 2. The van der Waals surface area contributed by atoms with Crippen molar-refractivity contribution in [2.24, 2.45) is 0 Å². The summed E-state index contributed by atoms with van der Waals surface area (Å²) in [5.41, 5.74) is 8.22. The molecule has 0 saturated carbocycles. The first-order valence-corrected chi connectivity index (χ1v) is 12.4. The van der Waals surface area contributed by atoms with Crippen LogP contribution in [0.5, 0.6) is 0 Å². The number of fused-ring (bicyclic) bond motifs is 1. The maximum atomic E-state index is 7.39. The number of piperidine rings is 1. The lowest BCUT2D eigenvalue weighted by atomic mass is 9.98. The minimum absolute atomic E-state index is 0.511. The molecule has 1 fully saturated rings. The van der Waals surface area contributed by atoms with Crippen molar-refractivity contribution in [3.05, 3.63) is 114 Å². The molecule has 0 bridgehead atoms. The van der Waals surface area contributed by atoms with Gasteiger partial charge in [0.25, 0.3) is 0 Å². The zero-order valence-corrected chi connectivity index (χ0v) is 20.1. The summed E-state index contributed by atoms with van der Waals surface area (Å²) in [4.78, 5) is 15.4. The molecule has 0 amide bonds. The third kappa shape index (κ3) is 4.39. The summed E-state index contributed by atoms with van der Waals surface area (Å²) in [6.07, 6.45) is 5.94.